The zero-order valence-electron chi connectivity index (χ0n) is 15.3. The van der Waals surface area contributed by atoms with E-state index in [-0.39, 0.29) is 16.7 Å². The van der Waals surface area contributed by atoms with Crippen LogP contribution in [0.25, 0.3) is 0 Å². The zero-order chi connectivity index (χ0) is 18.6. The molecule has 5 heteroatoms. The van der Waals surface area contributed by atoms with Gasteiger partial charge in [0, 0.05) is 11.0 Å². The second kappa shape index (κ2) is 8.09. The molecule has 4 nitrogen and oxygen atoms in total. The van der Waals surface area contributed by atoms with Crippen molar-refractivity contribution in [3.05, 3.63) is 54.1 Å². The van der Waals surface area contributed by atoms with Crippen LogP contribution in [0.1, 0.15) is 42.5 Å². The summed E-state index contributed by atoms with van der Waals surface area (Å²) in [5.74, 6) is 0.808. The Morgan fingerprint density at radius 2 is 1.46 bits per heavy atom. The van der Waals surface area contributed by atoms with Crippen molar-refractivity contribution in [1.29, 1.82) is 0 Å². The van der Waals surface area contributed by atoms with Crippen LogP contribution in [0.5, 0.6) is 11.5 Å². The number of rotatable bonds is 6. The normalized spacial score (nSPS) is 17.3. The van der Waals surface area contributed by atoms with Crippen LogP contribution < -0.4 is 14.8 Å². The molecular formula is C21H25O4P. The van der Waals surface area contributed by atoms with E-state index in [0.29, 0.717) is 16.8 Å². The molecule has 1 fully saturated rings. The molecule has 1 aliphatic carbocycles. The number of carbonyl (C=O) groups excluding carboxylic acids is 1. The highest BCUT2D eigenvalue weighted by Crippen LogP contribution is 2.58. The van der Waals surface area contributed by atoms with Gasteiger partial charge in [-0.15, -0.1) is 0 Å². The minimum Gasteiger partial charge on any atom is -0.496 e. The monoisotopic (exact) mass is 372 g/mol. The van der Waals surface area contributed by atoms with Gasteiger partial charge in [-0.25, -0.2) is 0 Å². The van der Waals surface area contributed by atoms with Gasteiger partial charge in [-0.3, -0.25) is 4.79 Å². The Morgan fingerprint density at radius 1 is 0.885 bits per heavy atom. The van der Waals surface area contributed by atoms with Gasteiger partial charge in [-0.2, -0.15) is 0 Å². The number of ether oxygens (including phenoxy) is 2. The summed E-state index contributed by atoms with van der Waals surface area (Å²) >= 11 is 0. The van der Waals surface area contributed by atoms with Gasteiger partial charge in [-0.05, 0) is 25.0 Å². The van der Waals surface area contributed by atoms with Gasteiger partial charge in [0.15, 0.2) is 7.14 Å². The predicted molar refractivity (Wildman–Crippen MR) is 104 cm³/mol. The fraction of sp³-hybridized carbons (Fsp3) is 0.381. The molecule has 0 amide bonds. The molecule has 0 radical (unpaired) electrons. The van der Waals surface area contributed by atoms with E-state index >= 15 is 0 Å². The van der Waals surface area contributed by atoms with Crippen molar-refractivity contribution in [3.63, 3.8) is 0 Å². The highest BCUT2D eigenvalue weighted by atomic mass is 31.2. The first-order valence-electron chi connectivity index (χ1n) is 9.04. The molecule has 1 aliphatic rings. The molecule has 0 N–H and O–H groups in total. The SMILES string of the molecule is COc1cccc(OC)c1C(=O)P(=O)(c1ccccc1)C1CCCCC1. The predicted octanol–water partition coefficient (Wildman–Crippen LogP) is 4.87. The van der Waals surface area contributed by atoms with Crippen molar-refractivity contribution >= 4 is 18.0 Å². The van der Waals surface area contributed by atoms with Gasteiger partial charge in [0.05, 0.1) is 14.2 Å². The lowest BCUT2D eigenvalue weighted by Crippen LogP contribution is -2.26. The summed E-state index contributed by atoms with van der Waals surface area (Å²) in [4.78, 5) is 13.7. The fourth-order valence-corrected chi connectivity index (χ4v) is 7.06. The van der Waals surface area contributed by atoms with E-state index < -0.39 is 7.14 Å². The maximum Gasteiger partial charge on any atom is 0.233 e. The molecule has 2 aromatic carbocycles. The van der Waals surface area contributed by atoms with Crippen LogP contribution in [0.3, 0.4) is 0 Å². The van der Waals surface area contributed by atoms with Gasteiger partial charge in [0.1, 0.15) is 17.1 Å². The molecule has 0 heterocycles. The third-order valence-corrected chi connectivity index (χ3v) is 8.61. The summed E-state index contributed by atoms with van der Waals surface area (Å²) in [7, 11) is -0.312. The first-order valence-corrected chi connectivity index (χ1v) is 10.8. The number of hydrogen-bond acceptors (Lipinski definition) is 4. The molecule has 0 aliphatic heterocycles. The Bertz CT molecular complexity index is 788. The third kappa shape index (κ3) is 3.31. The maximum absolute atomic E-state index is 14.3. The smallest absolute Gasteiger partial charge is 0.233 e. The Hall–Kier alpha value is -2.06. The van der Waals surface area contributed by atoms with Gasteiger partial charge >= 0.3 is 0 Å². The average molecular weight is 372 g/mol. The van der Waals surface area contributed by atoms with E-state index in [2.05, 4.69) is 0 Å². The van der Waals surface area contributed by atoms with Crippen LogP contribution in [-0.4, -0.2) is 25.4 Å². The number of carbonyl (C=O) groups is 1. The van der Waals surface area contributed by atoms with Gasteiger partial charge in [0.2, 0.25) is 5.52 Å². The molecule has 0 spiro atoms. The molecule has 138 valence electrons. The largest absolute Gasteiger partial charge is 0.496 e. The quantitative estimate of drug-likeness (QED) is 0.679. The molecular weight excluding hydrogens is 347 g/mol. The maximum atomic E-state index is 14.3. The van der Waals surface area contributed by atoms with Crippen molar-refractivity contribution in [2.75, 3.05) is 14.2 Å². The van der Waals surface area contributed by atoms with Crippen LogP contribution in [-0.2, 0) is 4.57 Å². The molecule has 1 atom stereocenters. The van der Waals surface area contributed by atoms with Gasteiger partial charge in [-0.1, -0.05) is 55.7 Å². The van der Waals surface area contributed by atoms with Crippen molar-refractivity contribution < 1.29 is 18.8 Å². The summed E-state index contributed by atoms with van der Waals surface area (Å²) in [6.07, 6.45) is 4.79. The number of benzene rings is 2. The molecule has 0 saturated heterocycles. The lowest BCUT2D eigenvalue weighted by Gasteiger charge is -2.30. The van der Waals surface area contributed by atoms with Crippen molar-refractivity contribution in [2.45, 2.75) is 37.8 Å². The van der Waals surface area contributed by atoms with Crippen LogP contribution in [0.2, 0.25) is 0 Å². The van der Waals surface area contributed by atoms with Gasteiger partial charge < -0.3 is 14.0 Å². The van der Waals surface area contributed by atoms with Crippen molar-refractivity contribution in [1.82, 2.24) is 0 Å². The zero-order valence-corrected chi connectivity index (χ0v) is 16.2. The average Bonchev–Trinajstić information content (AvgIpc) is 2.73. The number of methoxy groups -OCH3 is 2. The summed E-state index contributed by atoms with van der Waals surface area (Å²) in [6, 6.07) is 14.4. The van der Waals surface area contributed by atoms with Crippen LogP contribution in [0.4, 0.5) is 0 Å². The Kier molecular flexibility index (Phi) is 5.83. The Balaban J connectivity index is 2.17. The molecule has 26 heavy (non-hydrogen) atoms. The molecule has 2 aromatic rings. The lowest BCUT2D eigenvalue weighted by molar-refractivity contribution is 0.106. The van der Waals surface area contributed by atoms with Crippen LogP contribution in [0.15, 0.2) is 48.5 Å². The summed E-state index contributed by atoms with van der Waals surface area (Å²) < 4.78 is 25.2. The van der Waals surface area contributed by atoms with E-state index in [9.17, 15) is 9.36 Å². The lowest BCUT2D eigenvalue weighted by atomic mass is 10.0. The summed E-state index contributed by atoms with van der Waals surface area (Å²) in [6.45, 7) is 0. The molecule has 3 rings (SSSR count). The van der Waals surface area contributed by atoms with E-state index in [4.69, 9.17) is 9.47 Å². The Labute approximate surface area is 154 Å². The standard InChI is InChI=1S/C21H25O4P/c1-24-18-14-9-15-19(25-2)20(18)21(22)26(23,16-10-5-3-6-11-16)17-12-7-4-8-13-17/h3,5-6,9-11,14-15,17H,4,7-8,12-13H2,1-2H3. The molecule has 0 aromatic heterocycles. The topological polar surface area (TPSA) is 52.6 Å². The Morgan fingerprint density at radius 3 is 2.00 bits per heavy atom. The van der Waals surface area contributed by atoms with Crippen LogP contribution >= 0.6 is 7.14 Å². The van der Waals surface area contributed by atoms with Crippen molar-refractivity contribution in [3.8, 4) is 11.5 Å². The first kappa shape index (κ1) is 18.7. The van der Waals surface area contributed by atoms with E-state index in [1.54, 1.807) is 18.2 Å². The molecule has 0 bridgehead atoms. The molecule has 1 saturated carbocycles. The van der Waals surface area contributed by atoms with Crippen molar-refractivity contribution in [2.24, 2.45) is 0 Å². The highest BCUT2D eigenvalue weighted by molar-refractivity contribution is 7.88. The van der Waals surface area contributed by atoms with Crippen LogP contribution in [0, 0.1) is 0 Å². The van der Waals surface area contributed by atoms with Gasteiger partial charge in [0.25, 0.3) is 0 Å². The molecule has 1 unspecified atom stereocenters. The number of hydrogen-bond donors (Lipinski definition) is 0. The first-order chi connectivity index (χ1) is 12.6. The summed E-state index contributed by atoms with van der Waals surface area (Å²) in [5.41, 5.74) is -0.194. The minimum absolute atomic E-state index is 0.124. The fourth-order valence-electron chi connectivity index (χ4n) is 3.82. The summed E-state index contributed by atoms with van der Waals surface area (Å²) in [5, 5.41) is 0.629. The third-order valence-electron chi connectivity index (χ3n) is 5.17. The van der Waals surface area contributed by atoms with E-state index in [1.807, 2.05) is 30.3 Å². The minimum atomic E-state index is -3.34. The second-order valence-electron chi connectivity index (χ2n) is 6.63. The highest BCUT2D eigenvalue weighted by Gasteiger charge is 2.44. The van der Waals surface area contributed by atoms with E-state index in [1.165, 1.54) is 14.2 Å². The van der Waals surface area contributed by atoms with E-state index in [0.717, 1.165) is 32.1 Å². The second-order valence-corrected chi connectivity index (χ2v) is 9.60.